The van der Waals surface area contributed by atoms with Gasteiger partial charge in [-0.3, -0.25) is 4.79 Å². The summed E-state index contributed by atoms with van der Waals surface area (Å²) in [6, 6.07) is 3.74. The molecular weight excluding hydrogens is 242 g/mol. The Bertz CT molecular complexity index is 589. The number of nitrogens with one attached hydrogen (secondary N) is 1. The van der Waals surface area contributed by atoms with Crippen molar-refractivity contribution in [1.82, 2.24) is 9.78 Å². The molecule has 2 aromatic rings. The Morgan fingerprint density at radius 3 is 2.94 bits per heavy atom. The van der Waals surface area contributed by atoms with Crippen LogP contribution in [0.15, 0.2) is 27.5 Å². The molecule has 0 saturated heterocycles. The van der Waals surface area contributed by atoms with Crippen molar-refractivity contribution in [3.05, 3.63) is 45.2 Å². The third-order valence-electron chi connectivity index (χ3n) is 2.33. The first-order valence-corrected chi connectivity index (χ1v) is 5.46. The van der Waals surface area contributed by atoms with Crippen LogP contribution in [0.25, 0.3) is 0 Å². The van der Waals surface area contributed by atoms with Crippen molar-refractivity contribution in [2.24, 2.45) is 7.05 Å². The SMILES string of the molecule is Cc1ccc(CNc2cnn(C)c(=O)c2Cl)o1. The summed E-state index contributed by atoms with van der Waals surface area (Å²) in [5, 5.41) is 7.02. The highest BCUT2D eigenvalue weighted by Gasteiger charge is 2.07. The molecule has 2 heterocycles. The molecule has 0 aromatic carbocycles. The van der Waals surface area contributed by atoms with Crippen molar-refractivity contribution < 1.29 is 4.42 Å². The fourth-order valence-corrected chi connectivity index (χ4v) is 1.63. The average Bonchev–Trinajstić information content (AvgIpc) is 2.71. The fraction of sp³-hybridized carbons (Fsp3) is 0.273. The van der Waals surface area contributed by atoms with Gasteiger partial charge in [-0.25, -0.2) is 4.68 Å². The first-order chi connectivity index (χ1) is 8.08. The van der Waals surface area contributed by atoms with Crippen molar-refractivity contribution in [2.75, 3.05) is 5.32 Å². The largest absolute Gasteiger partial charge is 0.465 e. The predicted molar refractivity (Wildman–Crippen MR) is 65.3 cm³/mol. The molecule has 0 aliphatic rings. The zero-order valence-corrected chi connectivity index (χ0v) is 10.3. The van der Waals surface area contributed by atoms with Crippen LogP contribution in [-0.4, -0.2) is 9.78 Å². The van der Waals surface area contributed by atoms with Crippen LogP contribution < -0.4 is 10.9 Å². The van der Waals surface area contributed by atoms with Crippen molar-refractivity contribution in [3.63, 3.8) is 0 Å². The zero-order valence-electron chi connectivity index (χ0n) is 9.53. The van der Waals surface area contributed by atoms with Crippen LogP contribution in [0.2, 0.25) is 5.02 Å². The maximum absolute atomic E-state index is 11.5. The minimum absolute atomic E-state index is 0.130. The van der Waals surface area contributed by atoms with Gasteiger partial charge in [-0.2, -0.15) is 5.10 Å². The standard InChI is InChI=1S/C11H12ClN3O2/c1-7-3-4-8(17-7)5-13-9-6-14-15(2)11(16)10(9)12/h3-4,6,13H,5H2,1-2H3. The lowest BCUT2D eigenvalue weighted by atomic mass is 10.4. The lowest BCUT2D eigenvalue weighted by Crippen LogP contribution is -2.21. The van der Waals surface area contributed by atoms with Gasteiger partial charge in [0.1, 0.15) is 16.5 Å². The zero-order chi connectivity index (χ0) is 12.4. The first-order valence-electron chi connectivity index (χ1n) is 5.09. The van der Waals surface area contributed by atoms with Gasteiger partial charge in [-0.05, 0) is 19.1 Å². The molecule has 90 valence electrons. The monoisotopic (exact) mass is 253 g/mol. The van der Waals surface area contributed by atoms with Crippen molar-refractivity contribution in [1.29, 1.82) is 0 Å². The fourth-order valence-electron chi connectivity index (χ4n) is 1.40. The average molecular weight is 254 g/mol. The van der Waals surface area contributed by atoms with E-state index in [0.29, 0.717) is 12.2 Å². The molecule has 0 atom stereocenters. The van der Waals surface area contributed by atoms with E-state index in [0.717, 1.165) is 11.5 Å². The maximum atomic E-state index is 11.5. The Balaban J connectivity index is 2.15. The van der Waals surface area contributed by atoms with Crippen molar-refractivity contribution in [3.8, 4) is 0 Å². The lowest BCUT2D eigenvalue weighted by molar-refractivity contribution is 0.490. The van der Waals surface area contributed by atoms with Crippen molar-refractivity contribution >= 4 is 17.3 Å². The van der Waals surface area contributed by atoms with Crippen LogP contribution in [0.4, 0.5) is 5.69 Å². The molecule has 0 aliphatic carbocycles. The van der Waals surface area contributed by atoms with Gasteiger partial charge in [-0.15, -0.1) is 0 Å². The van der Waals surface area contributed by atoms with Gasteiger partial charge in [0.25, 0.3) is 5.56 Å². The summed E-state index contributed by atoms with van der Waals surface area (Å²) in [5.41, 5.74) is 0.177. The molecule has 0 saturated carbocycles. The summed E-state index contributed by atoms with van der Waals surface area (Å²) in [6.45, 7) is 2.33. The van der Waals surface area contributed by atoms with Crippen LogP contribution in [0.3, 0.4) is 0 Å². The normalized spacial score (nSPS) is 10.5. The number of aromatic nitrogens is 2. The van der Waals surface area contributed by atoms with Gasteiger partial charge in [0.05, 0.1) is 18.4 Å². The number of rotatable bonds is 3. The van der Waals surface area contributed by atoms with E-state index in [2.05, 4.69) is 10.4 Å². The number of aryl methyl sites for hydroxylation is 2. The van der Waals surface area contributed by atoms with Gasteiger partial charge < -0.3 is 9.73 Å². The minimum Gasteiger partial charge on any atom is -0.465 e. The van der Waals surface area contributed by atoms with E-state index >= 15 is 0 Å². The molecule has 0 unspecified atom stereocenters. The van der Waals surface area contributed by atoms with E-state index < -0.39 is 0 Å². The first kappa shape index (κ1) is 11.7. The number of hydrogen-bond donors (Lipinski definition) is 1. The summed E-state index contributed by atoms with van der Waals surface area (Å²) in [4.78, 5) is 11.5. The van der Waals surface area contributed by atoms with E-state index in [-0.39, 0.29) is 10.6 Å². The molecule has 17 heavy (non-hydrogen) atoms. The second-order valence-corrected chi connectivity index (χ2v) is 4.04. The van der Waals surface area contributed by atoms with Gasteiger partial charge in [0.2, 0.25) is 0 Å². The molecule has 0 radical (unpaired) electrons. The number of halogens is 1. The van der Waals surface area contributed by atoms with Crippen LogP contribution in [0.5, 0.6) is 0 Å². The molecule has 0 fully saturated rings. The Kier molecular flexibility index (Phi) is 3.19. The molecule has 0 bridgehead atoms. The molecule has 0 spiro atoms. The van der Waals surface area contributed by atoms with Crippen molar-refractivity contribution in [2.45, 2.75) is 13.5 Å². The van der Waals surface area contributed by atoms with Crippen LogP contribution in [0.1, 0.15) is 11.5 Å². The topological polar surface area (TPSA) is 60.1 Å². The van der Waals surface area contributed by atoms with E-state index in [4.69, 9.17) is 16.0 Å². The van der Waals surface area contributed by atoms with E-state index in [1.165, 1.54) is 10.9 Å². The molecule has 0 aliphatic heterocycles. The highest BCUT2D eigenvalue weighted by Crippen LogP contribution is 2.16. The summed E-state index contributed by atoms with van der Waals surface area (Å²) in [6.07, 6.45) is 1.51. The van der Waals surface area contributed by atoms with Gasteiger partial charge in [0, 0.05) is 7.05 Å². The molecule has 5 nitrogen and oxygen atoms in total. The highest BCUT2D eigenvalue weighted by molar-refractivity contribution is 6.32. The van der Waals surface area contributed by atoms with E-state index in [1.54, 1.807) is 7.05 Å². The molecule has 2 rings (SSSR count). The Hall–Kier alpha value is -1.75. The van der Waals surface area contributed by atoms with Gasteiger partial charge >= 0.3 is 0 Å². The Morgan fingerprint density at radius 2 is 2.29 bits per heavy atom. The smallest absolute Gasteiger partial charge is 0.287 e. The van der Waals surface area contributed by atoms with Gasteiger partial charge in [0.15, 0.2) is 0 Å². The predicted octanol–water partition coefficient (Wildman–Crippen LogP) is 1.95. The maximum Gasteiger partial charge on any atom is 0.287 e. The third-order valence-corrected chi connectivity index (χ3v) is 2.69. The summed E-state index contributed by atoms with van der Waals surface area (Å²) < 4.78 is 6.57. The molecule has 6 heteroatoms. The lowest BCUT2D eigenvalue weighted by Gasteiger charge is -2.06. The second-order valence-electron chi connectivity index (χ2n) is 3.67. The van der Waals surface area contributed by atoms with E-state index in [1.807, 2.05) is 19.1 Å². The van der Waals surface area contributed by atoms with Crippen LogP contribution in [-0.2, 0) is 13.6 Å². The van der Waals surface area contributed by atoms with Gasteiger partial charge in [-0.1, -0.05) is 11.6 Å². The van der Waals surface area contributed by atoms with Crippen LogP contribution >= 0.6 is 11.6 Å². The number of anilines is 1. The van der Waals surface area contributed by atoms with Crippen LogP contribution in [0, 0.1) is 6.92 Å². The van der Waals surface area contributed by atoms with E-state index in [9.17, 15) is 4.79 Å². The number of furan rings is 1. The Labute approximate surface area is 103 Å². The molecule has 2 aromatic heterocycles. The molecule has 1 N–H and O–H groups in total. The third kappa shape index (κ3) is 2.50. The Morgan fingerprint density at radius 1 is 1.53 bits per heavy atom. The molecule has 0 amide bonds. The second kappa shape index (κ2) is 4.63. The summed E-state index contributed by atoms with van der Waals surface area (Å²) >= 11 is 5.90. The summed E-state index contributed by atoms with van der Waals surface area (Å²) in [7, 11) is 1.55. The minimum atomic E-state index is -0.327. The summed E-state index contributed by atoms with van der Waals surface area (Å²) in [5.74, 6) is 1.62. The molecular formula is C11H12ClN3O2. The number of nitrogens with zero attached hydrogens (tertiary/aromatic N) is 2. The number of hydrogen-bond acceptors (Lipinski definition) is 4. The highest BCUT2D eigenvalue weighted by atomic mass is 35.5. The quantitative estimate of drug-likeness (QED) is 0.908.